The monoisotopic (exact) mass is 477 g/mol. The molecule has 0 spiro atoms. The van der Waals surface area contributed by atoms with Crippen molar-refractivity contribution in [1.82, 2.24) is 0 Å². The summed E-state index contributed by atoms with van der Waals surface area (Å²) in [4.78, 5) is 0. The first-order valence-electron chi connectivity index (χ1n) is 13.4. The molecule has 5 unspecified atom stereocenters. The molecule has 6 rings (SSSR count). The normalized spacial score (nSPS) is 28.1. The third-order valence-corrected chi connectivity index (χ3v) is 8.21. The van der Waals surface area contributed by atoms with Crippen molar-refractivity contribution in [1.29, 1.82) is 0 Å². The largest absolute Gasteiger partial charge is 0.398 e. The lowest BCUT2D eigenvalue weighted by Crippen LogP contribution is -2.31. The molecule has 0 saturated carbocycles. The summed E-state index contributed by atoms with van der Waals surface area (Å²) < 4.78 is 23.0. The second-order valence-electron chi connectivity index (χ2n) is 11.6. The van der Waals surface area contributed by atoms with Crippen LogP contribution in [0.5, 0.6) is 0 Å². The number of hydrogen-bond acceptors (Lipinski definition) is 5. The van der Waals surface area contributed by atoms with E-state index in [0.717, 1.165) is 64.2 Å². The van der Waals surface area contributed by atoms with Crippen LogP contribution < -0.4 is 5.73 Å². The number of nitrogen functional groups attached to an aromatic ring is 1. The molecule has 4 fully saturated rings. The first-order valence-corrected chi connectivity index (χ1v) is 13.4. The number of rotatable bonds is 12. The Bertz CT molecular complexity index is 1070. The quantitative estimate of drug-likeness (QED) is 0.337. The Morgan fingerprint density at radius 2 is 1.43 bits per heavy atom. The van der Waals surface area contributed by atoms with Gasteiger partial charge in [0.05, 0.1) is 50.8 Å². The number of hydrogen-bond donors (Lipinski definition) is 1. The standard InChI is InChI=1S/C30H39NO4/c1-18(2)26-27(19-7-5-4-6-8-19)29(31)25(12-22-16-34-22)24(11-21-15-33-21)28(26)30(3,13-23-17-35-23)10-9-20-14-32-20/h4-8,18,20-23H,9-17,31H2,1-3H3. The fourth-order valence-electron chi connectivity index (χ4n) is 6.10. The van der Waals surface area contributed by atoms with E-state index in [9.17, 15) is 0 Å². The van der Waals surface area contributed by atoms with Crippen molar-refractivity contribution in [2.24, 2.45) is 0 Å². The zero-order chi connectivity index (χ0) is 24.2. The van der Waals surface area contributed by atoms with Gasteiger partial charge in [-0.05, 0) is 58.4 Å². The Morgan fingerprint density at radius 3 is 1.97 bits per heavy atom. The third kappa shape index (κ3) is 5.15. The van der Waals surface area contributed by atoms with Crippen LogP contribution in [0.25, 0.3) is 11.1 Å². The molecule has 2 aromatic rings. The van der Waals surface area contributed by atoms with Gasteiger partial charge in [0, 0.05) is 24.1 Å². The van der Waals surface area contributed by atoms with Crippen LogP contribution in [0.2, 0.25) is 0 Å². The molecule has 5 nitrogen and oxygen atoms in total. The maximum Gasteiger partial charge on any atom is 0.0851 e. The van der Waals surface area contributed by atoms with Crippen molar-refractivity contribution in [3.63, 3.8) is 0 Å². The molecule has 0 radical (unpaired) electrons. The molecule has 0 amide bonds. The number of ether oxygens (including phenoxy) is 4. The molecule has 4 saturated heterocycles. The molecule has 5 heteroatoms. The molecule has 2 aromatic carbocycles. The molecule has 5 atom stereocenters. The molecule has 0 aliphatic carbocycles. The Hall–Kier alpha value is -1.92. The number of anilines is 1. The predicted octanol–water partition coefficient (Wildman–Crippen LogP) is 5.17. The topological polar surface area (TPSA) is 76.1 Å². The van der Waals surface area contributed by atoms with E-state index in [0.29, 0.717) is 24.2 Å². The molecule has 4 heterocycles. The van der Waals surface area contributed by atoms with Gasteiger partial charge >= 0.3 is 0 Å². The van der Waals surface area contributed by atoms with Gasteiger partial charge in [-0.3, -0.25) is 0 Å². The summed E-state index contributed by atoms with van der Waals surface area (Å²) in [6.07, 6.45) is 6.35. The van der Waals surface area contributed by atoms with E-state index in [1.54, 1.807) is 0 Å². The fraction of sp³-hybridized carbons (Fsp3) is 0.600. The van der Waals surface area contributed by atoms with Gasteiger partial charge in [-0.1, -0.05) is 51.1 Å². The molecule has 4 aliphatic rings. The van der Waals surface area contributed by atoms with Gasteiger partial charge in [-0.25, -0.2) is 0 Å². The van der Waals surface area contributed by atoms with Crippen molar-refractivity contribution in [3.05, 3.63) is 52.6 Å². The third-order valence-electron chi connectivity index (χ3n) is 8.21. The van der Waals surface area contributed by atoms with Crippen molar-refractivity contribution >= 4 is 5.69 Å². The van der Waals surface area contributed by atoms with Gasteiger partial charge in [-0.2, -0.15) is 0 Å². The second-order valence-corrected chi connectivity index (χ2v) is 11.6. The van der Waals surface area contributed by atoms with Crippen LogP contribution in [0, 0.1) is 0 Å². The highest BCUT2D eigenvalue weighted by Crippen LogP contribution is 2.51. The highest BCUT2D eigenvalue weighted by atomic mass is 16.6. The van der Waals surface area contributed by atoms with Crippen LogP contribution in [0.4, 0.5) is 5.69 Å². The molecule has 4 aliphatic heterocycles. The highest BCUT2D eigenvalue weighted by Gasteiger charge is 2.43. The van der Waals surface area contributed by atoms with Crippen LogP contribution >= 0.6 is 0 Å². The molecular formula is C30H39NO4. The smallest absolute Gasteiger partial charge is 0.0851 e. The van der Waals surface area contributed by atoms with Gasteiger partial charge in [0.1, 0.15) is 0 Å². The SMILES string of the molecule is CC(C)c1c(-c2ccccc2)c(N)c(CC2CO2)c(CC2CO2)c1C(C)(CCC1CO1)CC1CO1. The maximum atomic E-state index is 7.14. The van der Waals surface area contributed by atoms with Gasteiger partial charge < -0.3 is 24.7 Å². The summed E-state index contributed by atoms with van der Waals surface area (Å²) in [7, 11) is 0. The number of nitrogens with two attached hydrogens (primary N) is 1. The van der Waals surface area contributed by atoms with E-state index in [-0.39, 0.29) is 11.5 Å². The molecule has 2 N–H and O–H groups in total. The first kappa shape index (κ1) is 23.5. The van der Waals surface area contributed by atoms with Gasteiger partial charge in [0.2, 0.25) is 0 Å². The summed E-state index contributed by atoms with van der Waals surface area (Å²) in [6.45, 7) is 10.6. The Kier molecular flexibility index (Phi) is 6.16. The lowest BCUT2D eigenvalue weighted by molar-refractivity contribution is 0.293. The lowest BCUT2D eigenvalue weighted by Gasteiger charge is -2.38. The van der Waals surface area contributed by atoms with Gasteiger partial charge in [0.15, 0.2) is 0 Å². The van der Waals surface area contributed by atoms with E-state index in [1.807, 2.05) is 0 Å². The lowest BCUT2D eigenvalue weighted by atomic mass is 9.66. The van der Waals surface area contributed by atoms with Crippen molar-refractivity contribution in [3.8, 4) is 11.1 Å². The average Bonchev–Trinajstić information content (AvgIpc) is 3.67. The summed E-state index contributed by atoms with van der Waals surface area (Å²) in [5.74, 6) is 0.337. The average molecular weight is 478 g/mol. The molecule has 0 aromatic heterocycles. The minimum Gasteiger partial charge on any atom is -0.398 e. The van der Waals surface area contributed by atoms with E-state index < -0.39 is 0 Å². The van der Waals surface area contributed by atoms with Crippen LogP contribution in [-0.2, 0) is 37.2 Å². The zero-order valence-corrected chi connectivity index (χ0v) is 21.3. The van der Waals surface area contributed by atoms with Gasteiger partial charge in [-0.15, -0.1) is 0 Å². The molecule has 188 valence electrons. The van der Waals surface area contributed by atoms with E-state index >= 15 is 0 Å². The van der Waals surface area contributed by atoms with Crippen LogP contribution in [-0.4, -0.2) is 50.8 Å². The Labute approximate surface area is 209 Å². The minimum absolute atomic E-state index is 0.0205. The van der Waals surface area contributed by atoms with Crippen molar-refractivity contribution in [2.45, 2.75) is 88.6 Å². The van der Waals surface area contributed by atoms with Crippen LogP contribution in [0.3, 0.4) is 0 Å². The highest BCUT2D eigenvalue weighted by molar-refractivity contribution is 5.85. The van der Waals surface area contributed by atoms with Crippen LogP contribution in [0.1, 0.15) is 68.2 Å². The van der Waals surface area contributed by atoms with E-state index in [4.69, 9.17) is 24.7 Å². The minimum atomic E-state index is -0.0205. The van der Waals surface area contributed by atoms with Crippen molar-refractivity contribution in [2.75, 3.05) is 32.2 Å². The van der Waals surface area contributed by atoms with Crippen molar-refractivity contribution < 1.29 is 18.9 Å². The van der Waals surface area contributed by atoms with Crippen LogP contribution in [0.15, 0.2) is 30.3 Å². The molecule has 0 bridgehead atoms. The first-order chi connectivity index (χ1) is 16.9. The summed E-state index contributed by atoms with van der Waals surface area (Å²) in [6, 6.07) is 10.7. The van der Waals surface area contributed by atoms with E-state index in [2.05, 4.69) is 51.1 Å². The zero-order valence-electron chi connectivity index (χ0n) is 21.3. The fourth-order valence-corrected chi connectivity index (χ4v) is 6.10. The Morgan fingerprint density at radius 1 is 0.857 bits per heavy atom. The Balaban J connectivity index is 1.60. The summed E-state index contributed by atoms with van der Waals surface area (Å²) in [5.41, 5.74) is 16.1. The molecular weight excluding hydrogens is 438 g/mol. The summed E-state index contributed by atoms with van der Waals surface area (Å²) in [5, 5.41) is 0. The van der Waals surface area contributed by atoms with Gasteiger partial charge in [0.25, 0.3) is 0 Å². The predicted molar refractivity (Wildman–Crippen MR) is 138 cm³/mol. The van der Waals surface area contributed by atoms with E-state index in [1.165, 1.54) is 33.4 Å². The summed E-state index contributed by atoms with van der Waals surface area (Å²) >= 11 is 0. The number of benzene rings is 2. The maximum absolute atomic E-state index is 7.14. The molecule has 35 heavy (non-hydrogen) atoms. The second kappa shape index (κ2) is 9.19. The number of epoxide rings is 4.